The van der Waals surface area contributed by atoms with E-state index in [4.69, 9.17) is 14.2 Å². The zero-order valence-corrected chi connectivity index (χ0v) is 14.9. The van der Waals surface area contributed by atoms with E-state index in [0.29, 0.717) is 24.2 Å². The summed E-state index contributed by atoms with van der Waals surface area (Å²) in [7, 11) is 3.03. The van der Waals surface area contributed by atoms with Crippen LogP contribution in [-0.4, -0.2) is 29.2 Å². The minimum absolute atomic E-state index is 0.108. The Morgan fingerprint density at radius 2 is 1.65 bits per heavy atom. The predicted octanol–water partition coefficient (Wildman–Crippen LogP) is 3.60. The molecule has 0 unspecified atom stereocenters. The standard InChI is InChI=1S/C19H20N4O3/c1-13-6-8-15(9-7-13)21-12-14-5-4-10-20-18(14)26-19-22-16(24-2)11-17(23-19)25-3/h4-11,21H,12H2,1-3H3. The lowest BCUT2D eigenvalue weighted by atomic mass is 10.2. The van der Waals surface area contributed by atoms with Crippen LogP contribution in [0.2, 0.25) is 0 Å². The van der Waals surface area contributed by atoms with Crippen molar-refractivity contribution in [2.45, 2.75) is 13.5 Å². The van der Waals surface area contributed by atoms with E-state index in [9.17, 15) is 0 Å². The molecule has 0 aliphatic carbocycles. The Labute approximate surface area is 152 Å². The number of nitrogens with zero attached hydrogens (tertiary/aromatic N) is 3. The highest BCUT2D eigenvalue weighted by molar-refractivity contribution is 5.45. The molecule has 0 atom stereocenters. The van der Waals surface area contributed by atoms with Crippen molar-refractivity contribution in [2.24, 2.45) is 0 Å². The molecule has 0 aliphatic rings. The Morgan fingerprint density at radius 3 is 2.31 bits per heavy atom. The maximum absolute atomic E-state index is 5.77. The second kappa shape index (κ2) is 8.15. The fraction of sp³-hybridized carbons (Fsp3) is 0.211. The molecule has 0 bridgehead atoms. The van der Waals surface area contributed by atoms with Crippen LogP contribution in [-0.2, 0) is 6.54 Å². The monoisotopic (exact) mass is 352 g/mol. The van der Waals surface area contributed by atoms with E-state index in [1.54, 1.807) is 12.3 Å². The van der Waals surface area contributed by atoms with Gasteiger partial charge in [0, 0.05) is 24.0 Å². The molecule has 7 nitrogen and oxygen atoms in total. The molecular weight excluding hydrogens is 332 g/mol. The Hall–Kier alpha value is -3.35. The van der Waals surface area contributed by atoms with Crippen LogP contribution in [0.15, 0.2) is 48.7 Å². The number of benzene rings is 1. The molecule has 134 valence electrons. The number of hydrogen-bond donors (Lipinski definition) is 1. The van der Waals surface area contributed by atoms with Gasteiger partial charge in [0.1, 0.15) is 0 Å². The van der Waals surface area contributed by atoms with Crippen LogP contribution in [0.3, 0.4) is 0 Å². The Morgan fingerprint density at radius 1 is 0.962 bits per heavy atom. The first-order valence-electron chi connectivity index (χ1n) is 8.07. The molecule has 0 saturated carbocycles. The zero-order chi connectivity index (χ0) is 18.4. The van der Waals surface area contributed by atoms with Gasteiger partial charge < -0.3 is 19.5 Å². The average molecular weight is 352 g/mol. The zero-order valence-electron chi connectivity index (χ0n) is 14.9. The van der Waals surface area contributed by atoms with Crippen molar-refractivity contribution in [1.82, 2.24) is 15.0 Å². The van der Waals surface area contributed by atoms with Gasteiger partial charge in [-0.05, 0) is 25.1 Å². The van der Waals surface area contributed by atoms with Gasteiger partial charge in [-0.1, -0.05) is 23.8 Å². The van der Waals surface area contributed by atoms with Crippen molar-refractivity contribution >= 4 is 5.69 Å². The van der Waals surface area contributed by atoms with Gasteiger partial charge in [-0.3, -0.25) is 0 Å². The van der Waals surface area contributed by atoms with E-state index in [1.165, 1.54) is 19.8 Å². The molecule has 0 fully saturated rings. The summed E-state index contributed by atoms with van der Waals surface area (Å²) in [6.45, 7) is 2.60. The highest BCUT2D eigenvalue weighted by Crippen LogP contribution is 2.25. The van der Waals surface area contributed by atoms with Gasteiger partial charge in [-0.2, -0.15) is 9.97 Å². The van der Waals surface area contributed by atoms with Crippen molar-refractivity contribution < 1.29 is 14.2 Å². The van der Waals surface area contributed by atoms with Crippen molar-refractivity contribution in [1.29, 1.82) is 0 Å². The summed E-state index contributed by atoms with van der Waals surface area (Å²) < 4.78 is 16.0. The number of nitrogens with one attached hydrogen (secondary N) is 1. The van der Waals surface area contributed by atoms with Gasteiger partial charge in [-0.25, -0.2) is 4.98 Å². The fourth-order valence-corrected chi connectivity index (χ4v) is 2.24. The SMILES string of the molecule is COc1cc(OC)nc(Oc2ncccc2CNc2ccc(C)cc2)n1. The quantitative estimate of drug-likeness (QED) is 0.696. The average Bonchev–Trinajstić information content (AvgIpc) is 2.68. The number of rotatable bonds is 7. The van der Waals surface area contributed by atoms with E-state index >= 15 is 0 Å². The van der Waals surface area contributed by atoms with Crippen LogP contribution >= 0.6 is 0 Å². The van der Waals surface area contributed by atoms with E-state index in [1.807, 2.05) is 24.3 Å². The first kappa shape index (κ1) is 17.5. The molecule has 0 radical (unpaired) electrons. The minimum Gasteiger partial charge on any atom is -0.481 e. The number of pyridine rings is 1. The fourth-order valence-electron chi connectivity index (χ4n) is 2.24. The van der Waals surface area contributed by atoms with Gasteiger partial charge >= 0.3 is 6.01 Å². The lowest BCUT2D eigenvalue weighted by Gasteiger charge is -2.11. The molecule has 0 aliphatic heterocycles. The van der Waals surface area contributed by atoms with E-state index in [-0.39, 0.29) is 6.01 Å². The first-order chi connectivity index (χ1) is 12.7. The Balaban J connectivity index is 1.77. The van der Waals surface area contributed by atoms with Crippen molar-refractivity contribution in [3.05, 3.63) is 59.8 Å². The molecular formula is C19H20N4O3. The molecule has 2 aromatic heterocycles. The molecule has 26 heavy (non-hydrogen) atoms. The van der Waals surface area contributed by atoms with Gasteiger partial charge in [0.05, 0.1) is 20.3 Å². The molecule has 3 rings (SSSR count). The van der Waals surface area contributed by atoms with Crippen molar-refractivity contribution in [2.75, 3.05) is 19.5 Å². The van der Waals surface area contributed by atoms with Crippen molar-refractivity contribution in [3.8, 4) is 23.7 Å². The van der Waals surface area contributed by atoms with Crippen LogP contribution < -0.4 is 19.5 Å². The molecule has 0 spiro atoms. The number of aromatic nitrogens is 3. The van der Waals surface area contributed by atoms with E-state index in [2.05, 4.69) is 39.3 Å². The first-order valence-corrected chi connectivity index (χ1v) is 8.07. The molecule has 0 amide bonds. The lowest BCUT2D eigenvalue weighted by molar-refractivity contribution is 0.344. The predicted molar refractivity (Wildman–Crippen MR) is 98.0 cm³/mol. The number of ether oxygens (including phenoxy) is 3. The van der Waals surface area contributed by atoms with Crippen LogP contribution in [0.25, 0.3) is 0 Å². The topological polar surface area (TPSA) is 78.4 Å². The molecule has 3 aromatic rings. The van der Waals surface area contributed by atoms with Gasteiger partial charge in [-0.15, -0.1) is 0 Å². The third-order valence-electron chi connectivity index (χ3n) is 3.65. The van der Waals surface area contributed by atoms with Gasteiger partial charge in [0.15, 0.2) is 0 Å². The maximum Gasteiger partial charge on any atom is 0.330 e. The number of anilines is 1. The third kappa shape index (κ3) is 4.38. The summed E-state index contributed by atoms with van der Waals surface area (Å²) in [6, 6.07) is 13.6. The normalized spacial score (nSPS) is 10.3. The van der Waals surface area contributed by atoms with Crippen LogP contribution in [0, 0.1) is 6.92 Å². The Kier molecular flexibility index (Phi) is 5.48. The second-order valence-electron chi connectivity index (χ2n) is 5.52. The van der Waals surface area contributed by atoms with Crippen LogP contribution in [0.5, 0.6) is 23.7 Å². The Bertz CT molecular complexity index is 847. The summed E-state index contributed by atoms with van der Waals surface area (Å²) in [5, 5.41) is 3.35. The highest BCUT2D eigenvalue weighted by Gasteiger charge is 2.11. The summed E-state index contributed by atoms with van der Waals surface area (Å²) in [6.07, 6.45) is 1.65. The smallest absolute Gasteiger partial charge is 0.330 e. The van der Waals surface area contributed by atoms with E-state index < -0.39 is 0 Å². The summed E-state index contributed by atoms with van der Waals surface area (Å²) >= 11 is 0. The number of methoxy groups -OCH3 is 2. The van der Waals surface area contributed by atoms with Crippen LogP contribution in [0.1, 0.15) is 11.1 Å². The summed E-state index contributed by atoms with van der Waals surface area (Å²) in [4.78, 5) is 12.6. The minimum atomic E-state index is 0.108. The molecule has 1 N–H and O–H groups in total. The third-order valence-corrected chi connectivity index (χ3v) is 3.65. The lowest BCUT2D eigenvalue weighted by Crippen LogP contribution is -2.04. The second-order valence-corrected chi connectivity index (χ2v) is 5.52. The largest absolute Gasteiger partial charge is 0.481 e. The molecule has 1 aromatic carbocycles. The van der Waals surface area contributed by atoms with Crippen molar-refractivity contribution in [3.63, 3.8) is 0 Å². The van der Waals surface area contributed by atoms with Crippen LogP contribution in [0.4, 0.5) is 5.69 Å². The molecule has 7 heteroatoms. The number of aryl methyl sites for hydroxylation is 1. The summed E-state index contributed by atoms with van der Waals surface area (Å²) in [5.41, 5.74) is 3.10. The summed E-state index contributed by atoms with van der Waals surface area (Å²) in [5.74, 6) is 1.12. The van der Waals surface area contributed by atoms with E-state index in [0.717, 1.165) is 11.3 Å². The van der Waals surface area contributed by atoms with Gasteiger partial charge in [0.25, 0.3) is 0 Å². The number of hydrogen-bond acceptors (Lipinski definition) is 7. The molecule has 2 heterocycles. The molecule has 0 saturated heterocycles. The van der Waals surface area contributed by atoms with Gasteiger partial charge in [0.2, 0.25) is 17.6 Å². The highest BCUT2D eigenvalue weighted by atomic mass is 16.5. The maximum atomic E-state index is 5.77.